The Morgan fingerprint density at radius 1 is 1.31 bits per heavy atom. The molecular weight excluding hydrogens is 198 g/mol. The fraction of sp³-hybridized carbons (Fsp3) is 0.308. The summed E-state index contributed by atoms with van der Waals surface area (Å²) in [6.07, 6.45) is 0. The number of hydrogen-bond acceptors (Lipinski definition) is 2. The van der Waals surface area contributed by atoms with Gasteiger partial charge in [0.05, 0.1) is 11.4 Å². The number of hydrogen-bond donors (Lipinski definition) is 1. The average molecular weight is 213 g/mol. The van der Waals surface area contributed by atoms with Gasteiger partial charge in [-0.2, -0.15) is 5.10 Å². The van der Waals surface area contributed by atoms with Crippen molar-refractivity contribution in [3.63, 3.8) is 0 Å². The van der Waals surface area contributed by atoms with E-state index in [0.717, 1.165) is 13.1 Å². The monoisotopic (exact) mass is 213 g/mol. The molecule has 0 unspecified atom stereocenters. The van der Waals surface area contributed by atoms with Gasteiger partial charge in [0.2, 0.25) is 0 Å². The zero-order valence-electron chi connectivity index (χ0n) is 9.62. The SMILES string of the molecule is Cc1cccc(-c2c3c(nn2C)CNC3)c1. The van der Waals surface area contributed by atoms with Crippen LogP contribution in [0.3, 0.4) is 0 Å². The molecule has 2 heterocycles. The Kier molecular flexibility index (Phi) is 2.07. The Labute approximate surface area is 95.1 Å². The molecule has 3 rings (SSSR count). The predicted octanol–water partition coefficient (Wildman–Crippen LogP) is 2.00. The Balaban J connectivity index is 2.19. The third-order valence-electron chi connectivity index (χ3n) is 3.11. The molecule has 0 bridgehead atoms. The third-order valence-corrected chi connectivity index (χ3v) is 3.11. The molecule has 1 aromatic heterocycles. The van der Waals surface area contributed by atoms with Crippen molar-refractivity contribution in [3.05, 3.63) is 41.1 Å². The van der Waals surface area contributed by atoms with Crippen LogP contribution in [-0.4, -0.2) is 9.78 Å². The molecule has 0 spiro atoms. The van der Waals surface area contributed by atoms with Gasteiger partial charge < -0.3 is 5.32 Å². The van der Waals surface area contributed by atoms with Gasteiger partial charge in [-0.25, -0.2) is 0 Å². The van der Waals surface area contributed by atoms with Crippen molar-refractivity contribution in [1.29, 1.82) is 0 Å². The van der Waals surface area contributed by atoms with Crippen molar-refractivity contribution >= 4 is 0 Å². The molecule has 82 valence electrons. The molecule has 2 aromatic rings. The molecule has 16 heavy (non-hydrogen) atoms. The van der Waals surface area contributed by atoms with E-state index >= 15 is 0 Å². The van der Waals surface area contributed by atoms with Crippen molar-refractivity contribution in [1.82, 2.24) is 15.1 Å². The first-order chi connectivity index (χ1) is 7.75. The van der Waals surface area contributed by atoms with Crippen molar-refractivity contribution in [2.75, 3.05) is 0 Å². The van der Waals surface area contributed by atoms with E-state index < -0.39 is 0 Å². The van der Waals surface area contributed by atoms with Crippen LogP contribution in [0.4, 0.5) is 0 Å². The van der Waals surface area contributed by atoms with Crippen LogP contribution in [-0.2, 0) is 20.1 Å². The van der Waals surface area contributed by atoms with Crippen LogP contribution in [0.15, 0.2) is 24.3 Å². The summed E-state index contributed by atoms with van der Waals surface area (Å²) in [5.41, 5.74) is 6.36. The molecule has 0 amide bonds. The van der Waals surface area contributed by atoms with Crippen LogP contribution < -0.4 is 5.32 Å². The van der Waals surface area contributed by atoms with E-state index in [4.69, 9.17) is 0 Å². The van der Waals surface area contributed by atoms with Crippen LogP contribution >= 0.6 is 0 Å². The number of nitrogens with one attached hydrogen (secondary N) is 1. The molecule has 0 atom stereocenters. The largest absolute Gasteiger partial charge is 0.307 e. The third kappa shape index (κ3) is 1.36. The molecule has 1 aliphatic rings. The van der Waals surface area contributed by atoms with Crippen LogP contribution in [0.25, 0.3) is 11.3 Å². The lowest BCUT2D eigenvalue weighted by Gasteiger charge is -2.06. The Morgan fingerprint density at radius 2 is 2.19 bits per heavy atom. The number of aryl methyl sites for hydroxylation is 2. The minimum Gasteiger partial charge on any atom is -0.307 e. The zero-order chi connectivity index (χ0) is 11.1. The maximum absolute atomic E-state index is 4.55. The highest BCUT2D eigenvalue weighted by Crippen LogP contribution is 2.28. The second-order valence-corrected chi connectivity index (χ2v) is 4.37. The summed E-state index contributed by atoms with van der Waals surface area (Å²) in [5, 5.41) is 7.90. The van der Waals surface area contributed by atoms with Gasteiger partial charge in [0.1, 0.15) is 0 Å². The second-order valence-electron chi connectivity index (χ2n) is 4.37. The molecule has 1 aromatic carbocycles. The Bertz CT molecular complexity index is 540. The van der Waals surface area contributed by atoms with Gasteiger partial charge in [-0.15, -0.1) is 0 Å². The van der Waals surface area contributed by atoms with Gasteiger partial charge in [0, 0.05) is 31.3 Å². The Hall–Kier alpha value is -1.61. The molecular formula is C13H15N3. The van der Waals surface area contributed by atoms with Gasteiger partial charge in [0.15, 0.2) is 0 Å². The van der Waals surface area contributed by atoms with Crippen LogP contribution in [0, 0.1) is 6.92 Å². The van der Waals surface area contributed by atoms with Crippen LogP contribution in [0.5, 0.6) is 0 Å². The highest BCUT2D eigenvalue weighted by molar-refractivity contribution is 5.66. The molecule has 0 radical (unpaired) electrons. The van der Waals surface area contributed by atoms with E-state index in [0.29, 0.717) is 0 Å². The maximum atomic E-state index is 4.55. The summed E-state index contributed by atoms with van der Waals surface area (Å²) in [7, 11) is 2.02. The number of nitrogens with zero attached hydrogens (tertiary/aromatic N) is 2. The molecule has 1 N–H and O–H groups in total. The average Bonchev–Trinajstić information content (AvgIpc) is 2.76. The van der Waals surface area contributed by atoms with E-state index in [1.807, 2.05) is 11.7 Å². The van der Waals surface area contributed by atoms with Crippen molar-refractivity contribution in [2.45, 2.75) is 20.0 Å². The van der Waals surface area contributed by atoms with Gasteiger partial charge in [-0.3, -0.25) is 4.68 Å². The highest BCUT2D eigenvalue weighted by Gasteiger charge is 2.21. The van der Waals surface area contributed by atoms with E-state index in [-0.39, 0.29) is 0 Å². The van der Waals surface area contributed by atoms with Gasteiger partial charge in [-0.05, 0) is 13.0 Å². The summed E-state index contributed by atoms with van der Waals surface area (Å²) in [6.45, 7) is 3.96. The normalized spacial score (nSPS) is 14.1. The molecule has 0 saturated heterocycles. The summed E-state index contributed by atoms with van der Waals surface area (Å²) in [6, 6.07) is 8.60. The van der Waals surface area contributed by atoms with Gasteiger partial charge >= 0.3 is 0 Å². The summed E-state index contributed by atoms with van der Waals surface area (Å²) >= 11 is 0. The number of aromatic nitrogens is 2. The summed E-state index contributed by atoms with van der Waals surface area (Å²) in [5.74, 6) is 0. The van der Waals surface area contributed by atoms with Crippen LogP contribution in [0.2, 0.25) is 0 Å². The molecule has 0 aliphatic carbocycles. The zero-order valence-corrected chi connectivity index (χ0v) is 9.62. The minimum atomic E-state index is 0.898. The topological polar surface area (TPSA) is 29.9 Å². The van der Waals surface area contributed by atoms with Crippen molar-refractivity contribution in [3.8, 4) is 11.3 Å². The van der Waals surface area contributed by atoms with Gasteiger partial charge in [-0.1, -0.05) is 23.8 Å². The lowest BCUT2D eigenvalue weighted by molar-refractivity contribution is 0.693. The first kappa shape index (κ1) is 9.60. The first-order valence-corrected chi connectivity index (χ1v) is 5.58. The number of fused-ring (bicyclic) bond motifs is 1. The van der Waals surface area contributed by atoms with Crippen molar-refractivity contribution in [2.24, 2.45) is 7.05 Å². The number of rotatable bonds is 1. The molecule has 0 fully saturated rings. The lowest BCUT2D eigenvalue weighted by Crippen LogP contribution is -2.06. The molecule has 3 nitrogen and oxygen atoms in total. The molecule has 0 saturated carbocycles. The second kappa shape index (κ2) is 3.46. The molecule has 1 aliphatic heterocycles. The first-order valence-electron chi connectivity index (χ1n) is 5.58. The smallest absolute Gasteiger partial charge is 0.0814 e. The van der Waals surface area contributed by atoms with E-state index in [1.54, 1.807) is 0 Å². The van der Waals surface area contributed by atoms with Crippen LogP contribution in [0.1, 0.15) is 16.8 Å². The lowest BCUT2D eigenvalue weighted by atomic mass is 10.0. The standard InChI is InChI=1S/C13H15N3/c1-9-4-3-5-10(6-9)13-11-7-14-8-12(11)15-16(13)2/h3-6,14H,7-8H2,1-2H3. The maximum Gasteiger partial charge on any atom is 0.0814 e. The van der Waals surface area contributed by atoms with Crippen molar-refractivity contribution < 1.29 is 0 Å². The quantitative estimate of drug-likeness (QED) is 0.785. The van der Waals surface area contributed by atoms with Gasteiger partial charge in [0.25, 0.3) is 0 Å². The van der Waals surface area contributed by atoms with E-state index in [9.17, 15) is 0 Å². The Morgan fingerprint density at radius 3 is 3.00 bits per heavy atom. The summed E-state index contributed by atoms with van der Waals surface area (Å²) < 4.78 is 2.00. The summed E-state index contributed by atoms with van der Waals surface area (Å²) in [4.78, 5) is 0. The fourth-order valence-corrected chi connectivity index (χ4v) is 2.41. The number of benzene rings is 1. The predicted molar refractivity (Wildman–Crippen MR) is 63.9 cm³/mol. The highest BCUT2D eigenvalue weighted by atomic mass is 15.3. The molecule has 3 heteroatoms. The van der Waals surface area contributed by atoms with E-state index in [1.165, 1.54) is 28.1 Å². The fourth-order valence-electron chi connectivity index (χ4n) is 2.41. The van der Waals surface area contributed by atoms with E-state index in [2.05, 4.69) is 41.6 Å². The minimum absolute atomic E-state index is 0.898.